The number of nitrogens with zero attached hydrogens (tertiary/aromatic N) is 1. The lowest BCUT2D eigenvalue weighted by Crippen LogP contribution is -2.35. The molecule has 0 atom stereocenters. The minimum atomic E-state index is 0.378. The summed E-state index contributed by atoms with van der Waals surface area (Å²) < 4.78 is 6.45. The fraction of sp³-hybridized carbons (Fsp3) is 0.550. The van der Waals surface area contributed by atoms with Gasteiger partial charge in [-0.25, -0.2) is 0 Å². The fourth-order valence-corrected chi connectivity index (χ4v) is 6.29. The Kier molecular flexibility index (Phi) is 7.64. The summed E-state index contributed by atoms with van der Waals surface area (Å²) >= 11 is 5.60. The second-order valence-corrected chi connectivity index (χ2v) is 9.62. The van der Waals surface area contributed by atoms with Gasteiger partial charge >= 0.3 is 0 Å². The number of unbranched alkanes of at least 4 members (excludes halogenated alkanes) is 3. The first-order valence-corrected chi connectivity index (χ1v) is 12.0. The third kappa shape index (κ3) is 5.14. The minimum Gasteiger partial charge on any atom is -0.508 e. The molecule has 0 amide bonds. The molecule has 26 heavy (non-hydrogen) atoms. The molecule has 1 saturated heterocycles. The predicted molar refractivity (Wildman–Crippen MR) is 114 cm³/mol. The molecule has 0 bridgehead atoms. The van der Waals surface area contributed by atoms with Gasteiger partial charge in [-0.05, 0) is 42.2 Å². The highest BCUT2D eigenvalue weighted by molar-refractivity contribution is 7.80. The van der Waals surface area contributed by atoms with E-state index in [1.165, 1.54) is 41.7 Å². The molecule has 1 aliphatic rings. The maximum atomic E-state index is 10.3. The second-order valence-electron chi connectivity index (χ2n) is 6.80. The monoisotopic (exact) mass is 409 g/mol. The number of morpholine rings is 1. The van der Waals surface area contributed by atoms with Gasteiger partial charge in [-0.2, -0.15) is 0 Å². The Morgan fingerprint density at radius 3 is 2.73 bits per heavy atom. The van der Waals surface area contributed by atoms with Gasteiger partial charge < -0.3 is 9.84 Å². The van der Waals surface area contributed by atoms with E-state index in [1.807, 2.05) is 12.1 Å². The Morgan fingerprint density at radius 1 is 1.15 bits per heavy atom. The highest BCUT2D eigenvalue weighted by Crippen LogP contribution is 2.37. The molecule has 1 aliphatic heterocycles. The summed E-state index contributed by atoms with van der Waals surface area (Å²) in [6.07, 6.45) is 6.07. The maximum Gasteiger partial charge on any atom is 0.120 e. The zero-order chi connectivity index (χ0) is 18.4. The van der Waals surface area contributed by atoms with Gasteiger partial charge in [-0.15, -0.1) is 0 Å². The van der Waals surface area contributed by atoms with E-state index in [0.717, 1.165) is 48.7 Å². The summed E-state index contributed by atoms with van der Waals surface area (Å²) in [6, 6.07) is 6.01. The molecule has 3 nitrogen and oxygen atoms in total. The Labute approximate surface area is 168 Å². The molecule has 3 rings (SSSR count). The van der Waals surface area contributed by atoms with Crippen LogP contribution >= 0.6 is 32.9 Å². The Bertz CT molecular complexity index is 763. The summed E-state index contributed by atoms with van der Waals surface area (Å²) in [6.45, 7) is 6.39. The molecule has 0 aliphatic carbocycles. The Balaban J connectivity index is 1.78. The molecule has 0 spiro atoms. The van der Waals surface area contributed by atoms with E-state index in [1.54, 1.807) is 20.7 Å². The molecule has 2 aromatic rings. The molecule has 6 heteroatoms. The van der Waals surface area contributed by atoms with E-state index in [2.05, 4.69) is 17.9 Å². The van der Waals surface area contributed by atoms with Crippen molar-refractivity contribution in [3.8, 4) is 16.2 Å². The maximum absolute atomic E-state index is 10.3. The summed E-state index contributed by atoms with van der Waals surface area (Å²) in [7, 11) is 3.48. The van der Waals surface area contributed by atoms with E-state index in [9.17, 15) is 5.11 Å². The summed E-state index contributed by atoms with van der Waals surface area (Å²) in [5.41, 5.74) is 3.51. The lowest BCUT2D eigenvalue weighted by Gasteiger charge is -2.27. The Morgan fingerprint density at radius 2 is 1.96 bits per heavy atom. The van der Waals surface area contributed by atoms with E-state index in [0.29, 0.717) is 5.75 Å². The molecule has 142 valence electrons. The summed E-state index contributed by atoms with van der Waals surface area (Å²) in [4.78, 5) is 3.63. The first-order valence-electron chi connectivity index (χ1n) is 9.43. The highest BCUT2D eigenvalue weighted by Gasteiger charge is 2.16. The van der Waals surface area contributed by atoms with E-state index < -0.39 is 0 Å². The van der Waals surface area contributed by atoms with Gasteiger partial charge in [0.05, 0.1) is 18.1 Å². The zero-order valence-electron chi connectivity index (χ0n) is 15.3. The minimum absolute atomic E-state index is 0.378. The summed E-state index contributed by atoms with van der Waals surface area (Å²) in [5.74, 6) is 0.378. The van der Waals surface area contributed by atoms with Crippen molar-refractivity contribution in [2.24, 2.45) is 0 Å². The average molecular weight is 410 g/mol. The van der Waals surface area contributed by atoms with Crippen molar-refractivity contribution in [1.82, 2.24) is 4.90 Å². The van der Waals surface area contributed by atoms with Gasteiger partial charge in [0.25, 0.3) is 0 Å². The van der Waals surface area contributed by atoms with E-state index in [-0.39, 0.29) is 0 Å². The third-order valence-electron chi connectivity index (χ3n) is 4.84. The van der Waals surface area contributed by atoms with Crippen molar-refractivity contribution in [3.63, 3.8) is 0 Å². The molecule has 1 aromatic heterocycles. The zero-order valence-corrected chi connectivity index (χ0v) is 17.8. The molecule has 1 N–H and O–H groups in total. The third-order valence-corrected chi connectivity index (χ3v) is 8.03. The number of aromatic hydroxyl groups is 1. The predicted octanol–water partition coefficient (Wildman–Crippen LogP) is 5.87. The summed E-state index contributed by atoms with van der Waals surface area (Å²) in [5, 5.41) is 10.3. The van der Waals surface area contributed by atoms with Gasteiger partial charge in [0.1, 0.15) is 9.57 Å². The van der Waals surface area contributed by atoms with Gasteiger partial charge in [-0.3, -0.25) is 4.90 Å². The quantitative estimate of drug-likeness (QED) is 0.336. The number of ether oxygens (including phenoxy) is 1. The SMILES string of the molecule is CCCCCCc1c(-c2ccc(O)c(CN3CCOCC3)c2)ssc1=S. The number of benzene rings is 1. The number of phenols is 1. The van der Waals surface area contributed by atoms with Crippen molar-refractivity contribution in [2.45, 2.75) is 45.6 Å². The van der Waals surface area contributed by atoms with Crippen LogP contribution in [0.3, 0.4) is 0 Å². The average Bonchev–Trinajstić information content (AvgIpc) is 3.02. The van der Waals surface area contributed by atoms with Crippen LogP contribution in [0.4, 0.5) is 0 Å². The van der Waals surface area contributed by atoms with Gasteiger partial charge in [0.2, 0.25) is 0 Å². The van der Waals surface area contributed by atoms with Gasteiger partial charge in [-0.1, -0.05) is 59.1 Å². The van der Waals surface area contributed by atoms with Gasteiger partial charge in [0, 0.05) is 25.2 Å². The number of phenolic OH excluding ortho intramolecular Hbond substituents is 1. The van der Waals surface area contributed by atoms with Crippen molar-refractivity contribution in [1.29, 1.82) is 0 Å². The van der Waals surface area contributed by atoms with Crippen LogP contribution in [0, 0.1) is 3.82 Å². The van der Waals surface area contributed by atoms with Crippen molar-refractivity contribution < 1.29 is 9.84 Å². The topological polar surface area (TPSA) is 32.7 Å². The molecule has 1 fully saturated rings. The van der Waals surface area contributed by atoms with Crippen molar-refractivity contribution in [2.75, 3.05) is 26.3 Å². The van der Waals surface area contributed by atoms with Crippen LogP contribution in [0.15, 0.2) is 18.2 Å². The second kappa shape index (κ2) is 9.95. The van der Waals surface area contributed by atoms with E-state index in [4.69, 9.17) is 17.0 Å². The van der Waals surface area contributed by atoms with Crippen molar-refractivity contribution >= 4 is 32.9 Å². The largest absolute Gasteiger partial charge is 0.508 e. The molecule has 1 aromatic carbocycles. The first kappa shape index (κ1) is 20.0. The van der Waals surface area contributed by atoms with E-state index >= 15 is 0 Å². The van der Waals surface area contributed by atoms with Crippen LogP contribution in [-0.2, 0) is 17.7 Å². The van der Waals surface area contributed by atoms with Gasteiger partial charge in [0.15, 0.2) is 0 Å². The Hall–Kier alpha value is -0.790. The molecule has 0 saturated carbocycles. The molecule has 0 radical (unpaired) electrons. The fourth-order valence-electron chi connectivity index (χ4n) is 3.29. The molecular formula is C20H27NO2S3. The first-order chi connectivity index (χ1) is 12.7. The van der Waals surface area contributed by atoms with Crippen LogP contribution in [0.25, 0.3) is 10.4 Å². The van der Waals surface area contributed by atoms with Crippen LogP contribution in [-0.4, -0.2) is 36.3 Å². The van der Waals surface area contributed by atoms with Crippen LogP contribution < -0.4 is 0 Å². The smallest absolute Gasteiger partial charge is 0.120 e. The van der Waals surface area contributed by atoms with Crippen LogP contribution in [0.5, 0.6) is 5.75 Å². The lowest BCUT2D eigenvalue weighted by molar-refractivity contribution is 0.0339. The van der Waals surface area contributed by atoms with Crippen molar-refractivity contribution in [3.05, 3.63) is 33.1 Å². The molecule has 0 unspecified atom stereocenters. The number of hydrogen-bond donors (Lipinski definition) is 1. The molecule has 2 heterocycles. The number of rotatable bonds is 8. The lowest BCUT2D eigenvalue weighted by atomic mass is 10.0. The molecular weight excluding hydrogens is 382 g/mol. The highest BCUT2D eigenvalue weighted by atomic mass is 32.9. The normalized spacial score (nSPS) is 15.4. The van der Waals surface area contributed by atoms with Crippen LogP contribution in [0.1, 0.15) is 43.7 Å². The van der Waals surface area contributed by atoms with Crippen LogP contribution in [0.2, 0.25) is 0 Å². The standard InChI is InChI=1S/C20H27NO2S3/c1-2-3-4-5-6-17-19(25-26-20(17)24)15-7-8-18(22)16(13-15)14-21-9-11-23-12-10-21/h7-8,13,22H,2-6,9-12,14H2,1H3. The number of hydrogen-bond acceptors (Lipinski definition) is 6.